The van der Waals surface area contributed by atoms with Crippen molar-refractivity contribution >= 4 is 40.1 Å². The van der Waals surface area contributed by atoms with Gasteiger partial charge < -0.3 is 9.84 Å². The van der Waals surface area contributed by atoms with E-state index in [2.05, 4.69) is 4.98 Å². The molecule has 2 fully saturated rings. The SMILES string of the molecule is CN1C(=O)CCc2cc(-c3ccc(F)cc3-c3csc(N(C(=O)C(CC(=O)O)CC4CCOCC4)C4CC4)n3)cnc21. The summed E-state index contributed by atoms with van der Waals surface area (Å²) in [5.41, 5.74) is 3.59. The van der Waals surface area contributed by atoms with Gasteiger partial charge in [-0.15, -0.1) is 11.3 Å². The van der Waals surface area contributed by atoms with Gasteiger partial charge in [-0.1, -0.05) is 6.07 Å². The van der Waals surface area contributed by atoms with E-state index in [9.17, 15) is 23.9 Å². The van der Waals surface area contributed by atoms with E-state index >= 15 is 0 Å². The summed E-state index contributed by atoms with van der Waals surface area (Å²) in [5.74, 6) is -1.35. The second kappa shape index (κ2) is 11.9. The van der Waals surface area contributed by atoms with Crippen LogP contribution in [0.5, 0.6) is 0 Å². The number of fused-ring (bicyclic) bond motifs is 1. The lowest BCUT2D eigenvalue weighted by atomic mass is 9.86. The minimum absolute atomic E-state index is 0.0148. The van der Waals surface area contributed by atoms with Crippen molar-refractivity contribution in [2.75, 3.05) is 30.1 Å². The summed E-state index contributed by atoms with van der Waals surface area (Å²) in [5, 5.41) is 11.9. The average Bonchev–Trinajstić information content (AvgIpc) is 3.70. The molecule has 1 saturated heterocycles. The highest BCUT2D eigenvalue weighted by Crippen LogP contribution is 2.41. The molecule has 0 bridgehead atoms. The van der Waals surface area contributed by atoms with Crippen molar-refractivity contribution in [1.82, 2.24) is 9.97 Å². The minimum atomic E-state index is -0.991. The smallest absolute Gasteiger partial charge is 0.304 e. The Morgan fingerprint density at radius 2 is 1.95 bits per heavy atom. The van der Waals surface area contributed by atoms with Gasteiger partial charge in [0.25, 0.3) is 0 Å². The number of halogens is 1. The van der Waals surface area contributed by atoms with Crippen molar-refractivity contribution in [3.05, 3.63) is 47.2 Å². The Morgan fingerprint density at radius 1 is 1.17 bits per heavy atom. The number of ether oxygens (including phenoxy) is 1. The van der Waals surface area contributed by atoms with Crippen molar-refractivity contribution in [2.24, 2.45) is 11.8 Å². The zero-order valence-corrected chi connectivity index (χ0v) is 24.2. The highest BCUT2D eigenvalue weighted by Gasteiger charge is 2.40. The van der Waals surface area contributed by atoms with Crippen LogP contribution >= 0.6 is 11.3 Å². The van der Waals surface area contributed by atoms with Gasteiger partial charge in [0.05, 0.1) is 12.1 Å². The lowest BCUT2D eigenvalue weighted by Gasteiger charge is -2.29. The van der Waals surface area contributed by atoms with Crippen LogP contribution in [0.2, 0.25) is 0 Å². The number of amides is 2. The highest BCUT2D eigenvalue weighted by molar-refractivity contribution is 7.14. The number of hydrogen-bond donors (Lipinski definition) is 1. The molecule has 2 aromatic heterocycles. The number of carbonyl (C=O) groups excluding carboxylic acids is 2. The second-order valence-electron chi connectivity index (χ2n) is 11.4. The Hall–Kier alpha value is -3.70. The first-order chi connectivity index (χ1) is 20.3. The molecular formula is C31H33FN4O5S. The Bertz CT molecular complexity index is 1520. The maximum atomic E-state index is 14.6. The Morgan fingerprint density at radius 3 is 2.69 bits per heavy atom. The van der Waals surface area contributed by atoms with E-state index in [1.54, 1.807) is 29.1 Å². The maximum absolute atomic E-state index is 14.6. The maximum Gasteiger partial charge on any atom is 0.304 e. The fourth-order valence-corrected chi connectivity index (χ4v) is 6.87. The number of thiazole rings is 1. The number of rotatable bonds is 9. The summed E-state index contributed by atoms with van der Waals surface area (Å²) in [7, 11) is 1.71. The van der Waals surface area contributed by atoms with Crippen LogP contribution in [-0.2, 0) is 25.5 Å². The zero-order chi connectivity index (χ0) is 29.4. The number of carbonyl (C=O) groups is 3. The Balaban J connectivity index is 1.31. The summed E-state index contributed by atoms with van der Waals surface area (Å²) < 4.78 is 20.0. The summed E-state index contributed by atoms with van der Waals surface area (Å²) in [6.45, 7) is 1.26. The van der Waals surface area contributed by atoms with Gasteiger partial charge in [-0.2, -0.15) is 0 Å². The summed E-state index contributed by atoms with van der Waals surface area (Å²) in [6, 6.07) is 6.51. The molecule has 2 amide bonds. The average molecular weight is 593 g/mol. The van der Waals surface area contributed by atoms with Crippen LogP contribution < -0.4 is 9.80 Å². The Labute approximate surface area is 247 Å². The molecule has 1 saturated carbocycles. The topological polar surface area (TPSA) is 113 Å². The van der Waals surface area contributed by atoms with Gasteiger partial charge in [-0.05, 0) is 73.8 Å². The third-order valence-corrected chi connectivity index (χ3v) is 9.23. The van der Waals surface area contributed by atoms with Crippen LogP contribution in [0.1, 0.15) is 50.5 Å². The molecule has 220 valence electrons. The van der Waals surface area contributed by atoms with Crippen LogP contribution in [0.4, 0.5) is 15.3 Å². The summed E-state index contributed by atoms with van der Waals surface area (Å²) >= 11 is 1.31. The van der Waals surface area contributed by atoms with Crippen LogP contribution in [0.25, 0.3) is 22.4 Å². The zero-order valence-electron chi connectivity index (χ0n) is 23.4. The van der Waals surface area contributed by atoms with Gasteiger partial charge >= 0.3 is 5.97 Å². The first-order valence-corrected chi connectivity index (χ1v) is 15.3. The number of carboxylic acids is 1. The molecule has 9 nitrogen and oxygen atoms in total. The number of hydrogen-bond acceptors (Lipinski definition) is 7. The monoisotopic (exact) mass is 592 g/mol. The van der Waals surface area contributed by atoms with E-state index in [0.717, 1.165) is 42.4 Å². The number of carboxylic acid groups (broad SMARTS) is 1. The molecule has 1 aliphatic carbocycles. The number of anilines is 2. The molecule has 3 aliphatic rings. The van der Waals surface area contributed by atoms with Crippen molar-refractivity contribution in [3.63, 3.8) is 0 Å². The van der Waals surface area contributed by atoms with Crippen molar-refractivity contribution in [1.29, 1.82) is 0 Å². The molecule has 1 N–H and O–H groups in total. The van der Waals surface area contributed by atoms with E-state index < -0.39 is 17.7 Å². The predicted octanol–water partition coefficient (Wildman–Crippen LogP) is 5.32. The van der Waals surface area contributed by atoms with Crippen LogP contribution in [-0.4, -0.2) is 59.2 Å². The fourth-order valence-electron chi connectivity index (χ4n) is 5.97. The molecular weight excluding hydrogens is 559 g/mol. The molecule has 0 radical (unpaired) electrons. The third-order valence-electron chi connectivity index (χ3n) is 8.39. The van der Waals surface area contributed by atoms with Gasteiger partial charge in [0.15, 0.2) is 5.13 Å². The normalized spacial score (nSPS) is 18.0. The number of benzene rings is 1. The Kier molecular flexibility index (Phi) is 8.04. The molecule has 1 atom stereocenters. The molecule has 1 aromatic carbocycles. The first kappa shape index (κ1) is 28.4. The number of nitrogens with zero attached hydrogens (tertiary/aromatic N) is 4. The lowest BCUT2D eigenvalue weighted by molar-refractivity contribution is -0.141. The number of aryl methyl sites for hydroxylation is 1. The molecule has 3 aromatic rings. The largest absolute Gasteiger partial charge is 0.481 e. The fraction of sp³-hybridized carbons (Fsp3) is 0.452. The minimum Gasteiger partial charge on any atom is -0.481 e. The highest BCUT2D eigenvalue weighted by atomic mass is 32.1. The van der Waals surface area contributed by atoms with Crippen molar-refractivity contribution in [2.45, 2.75) is 57.4 Å². The van der Waals surface area contributed by atoms with Crippen molar-refractivity contribution < 1.29 is 28.6 Å². The quantitative estimate of drug-likeness (QED) is 0.358. The van der Waals surface area contributed by atoms with E-state index in [-0.39, 0.29) is 30.2 Å². The summed E-state index contributed by atoms with van der Waals surface area (Å²) in [4.78, 5) is 50.4. The first-order valence-electron chi connectivity index (χ1n) is 14.4. The van der Waals surface area contributed by atoms with E-state index in [1.807, 2.05) is 11.4 Å². The molecule has 1 unspecified atom stereocenters. The summed E-state index contributed by atoms with van der Waals surface area (Å²) in [6.07, 6.45) is 6.27. The lowest BCUT2D eigenvalue weighted by Crippen LogP contribution is -2.40. The molecule has 0 spiro atoms. The van der Waals surface area contributed by atoms with Gasteiger partial charge in [-0.3, -0.25) is 24.2 Å². The molecule has 6 rings (SSSR count). The predicted molar refractivity (Wildman–Crippen MR) is 157 cm³/mol. The van der Waals surface area contributed by atoms with Gasteiger partial charge in [0.2, 0.25) is 11.8 Å². The molecule has 42 heavy (non-hydrogen) atoms. The second-order valence-corrected chi connectivity index (χ2v) is 12.2. The van der Waals surface area contributed by atoms with Gasteiger partial charge in [-0.25, -0.2) is 14.4 Å². The van der Waals surface area contributed by atoms with Gasteiger partial charge in [0, 0.05) is 61.3 Å². The number of aliphatic carboxylic acids is 1. The van der Waals surface area contributed by atoms with Crippen LogP contribution in [0.15, 0.2) is 35.8 Å². The third kappa shape index (κ3) is 5.94. The number of pyridine rings is 1. The van der Waals surface area contributed by atoms with E-state index in [1.165, 1.54) is 23.5 Å². The van der Waals surface area contributed by atoms with Crippen molar-refractivity contribution in [3.8, 4) is 22.4 Å². The number of aromatic nitrogens is 2. The van der Waals surface area contributed by atoms with Crippen LogP contribution in [0.3, 0.4) is 0 Å². The van der Waals surface area contributed by atoms with Crippen LogP contribution in [0, 0.1) is 17.7 Å². The van der Waals surface area contributed by atoms with Gasteiger partial charge in [0.1, 0.15) is 11.6 Å². The molecule has 4 heterocycles. The van der Waals surface area contributed by atoms with E-state index in [0.29, 0.717) is 54.7 Å². The molecule has 11 heteroatoms. The molecule has 2 aliphatic heterocycles. The van der Waals surface area contributed by atoms with E-state index in [4.69, 9.17) is 9.72 Å². The standard InChI is InChI=1S/C31H33FN4O5S/c1-35-27(37)7-2-19-13-21(16-33-29(19)35)24-6-3-22(32)15-25(24)26-17-42-31(34-26)36(23-4-5-23)30(40)20(14-28(38)39)12-18-8-10-41-11-9-18/h3,6,13,15-18,20,23H,2,4-5,7-12,14H2,1H3,(H,38,39).